The van der Waals surface area contributed by atoms with Crippen LogP contribution < -0.4 is 16.0 Å². The number of amides is 3. The molecule has 6 heteroatoms. The third-order valence-electron chi connectivity index (χ3n) is 4.81. The molecule has 3 rings (SSSR count). The van der Waals surface area contributed by atoms with Crippen LogP contribution in [0.1, 0.15) is 36.1 Å². The van der Waals surface area contributed by atoms with Crippen molar-refractivity contribution in [2.45, 2.75) is 46.7 Å². The van der Waals surface area contributed by atoms with E-state index in [9.17, 15) is 9.59 Å². The van der Waals surface area contributed by atoms with Crippen LogP contribution in [0.2, 0.25) is 0 Å². The normalized spacial score (nSPS) is 10.9. The van der Waals surface area contributed by atoms with Gasteiger partial charge in [0.1, 0.15) is 5.58 Å². The minimum absolute atomic E-state index is 0.0653. The van der Waals surface area contributed by atoms with Gasteiger partial charge in [-0.15, -0.1) is 0 Å². The maximum atomic E-state index is 12.4. The summed E-state index contributed by atoms with van der Waals surface area (Å²) in [4.78, 5) is 24.1. The van der Waals surface area contributed by atoms with Crippen molar-refractivity contribution in [2.75, 3.05) is 5.32 Å². The van der Waals surface area contributed by atoms with E-state index in [0.717, 1.165) is 27.7 Å². The van der Waals surface area contributed by atoms with E-state index in [2.05, 4.69) is 16.0 Å². The Hall–Kier alpha value is -3.28. The molecule has 0 atom stereocenters. The molecule has 3 amide bonds. The summed E-state index contributed by atoms with van der Waals surface area (Å²) in [6.07, 6.45) is 1.93. The van der Waals surface area contributed by atoms with Crippen LogP contribution in [0.25, 0.3) is 11.0 Å². The lowest BCUT2D eigenvalue weighted by Gasteiger charge is -2.11. The van der Waals surface area contributed by atoms with E-state index >= 15 is 0 Å². The summed E-state index contributed by atoms with van der Waals surface area (Å²) in [5, 5.41) is 9.46. The zero-order valence-electron chi connectivity index (χ0n) is 17.3. The molecule has 0 bridgehead atoms. The fourth-order valence-corrected chi connectivity index (χ4v) is 3.10. The molecule has 0 aliphatic carbocycles. The van der Waals surface area contributed by atoms with Crippen molar-refractivity contribution in [1.82, 2.24) is 10.6 Å². The number of furan rings is 1. The first-order valence-electron chi connectivity index (χ1n) is 9.73. The lowest BCUT2D eigenvalue weighted by Crippen LogP contribution is -2.34. The number of fused-ring (bicyclic) bond motifs is 1. The van der Waals surface area contributed by atoms with Gasteiger partial charge in [0.25, 0.3) is 0 Å². The predicted octanol–water partition coefficient (Wildman–Crippen LogP) is 4.44. The first-order chi connectivity index (χ1) is 13.8. The van der Waals surface area contributed by atoms with Crippen LogP contribution >= 0.6 is 0 Å². The van der Waals surface area contributed by atoms with Crippen molar-refractivity contribution >= 4 is 28.6 Å². The van der Waals surface area contributed by atoms with Gasteiger partial charge >= 0.3 is 6.03 Å². The van der Waals surface area contributed by atoms with Gasteiger partial charge in [-0.3, -0.25) is 4.79 Å². The number of rotatable bonds is 6. The fourth-order valence-electron chi connectivity index (χ4n) is 3.10. The molecule has 1 aromatic heterocycles. The molecule has 29 heavy (non-hydrogen) atoms. The first kappa shape index (κ1) is 20.5. The van der Waals surface area contributed by atoms with Crippen molar-refractivity contribution in [2.24, 2.45) is 0 Å². The Bertz CT molecular complexity index is 1020. The number of carbonyl (C=O) groups is 2. The number of hydrogen-bond acceptors (Lipinski definition) is 3. The third kappa shape index (κ3) is 5.16. The van der Waals surface area contributed by atoms with E-state index in [1.54, 1.807) is 6.26 Å². The van der Waals surface area contributed by atoms with Crippen LogP contribution in [0.4, 0.5) is 10.5 Å². The molecular weight excluding hydrogens is 366 g/mol. The predicted molar refractivity (Wildman–Crippen MR) is 115 cm³/mol. The van der Waals surface area contributed by atoms with Crippen molar-refractivity contribution in [3.63, 3.8) is 0 Å². The quantitative estimate of drug-likeness (QED) is 0.579. The first-order valence-corrected chi connectivity index (χ1v) is 9.73. The van der Waals surface area contributed by atoms with Gasteiger partial charge < -0.3 is 20.4 Å². The van der Waals surface area contributed by atoms with E-state index in [1.807, 2.05) is 64.1 Å². The van der Waals surface area contributed by atoms with Crippen LogP contribution in [-0.4, -0.2) is 18.0 Å². The van der Waals surface area contributed by atoms with Gasteiger partial charge in [0, 0.05) is 29.2 Å². The summed E-state index contributed by atoms with van der Waals surface area (Å²) in [5.74, 6) is -0.0653. The highest BCUT2D eigenvalue weighted by Gasteiger charge is 2.13. The monoisotopic (exact) mass is 393 g/mol. The highest BCUT2D eigenvalue weighted by molar-refractivity contribution is 5.90. The number of anilines is 1. The zero-order valence-corrected chi connectivity index (χ0v) is 17.3. The molecule has 152 valence electrons. The fraction of sp³-hybridized carbons (Fsp3) is 0.304. The largest absolute Gasteiger partial charge is 0.464 e. The molecule has 2 aromatic carbocycles. The number of carbonyl (C=O) groups excluding carboxylic acids is 2. The Morgan fingerprint density at radius 3 is 2.45 bits per heavy atom. The van der Waals surface area contributed by atoms with Crippen molar-refractivity contribution in [3.8, 4) is 0 Å². The molecule has 3 N–H and O–H groups in total. The molecule has 0 aliphatic rings. The van der Waals surface area contributed by atoms with Gasteiger partial charge in [0.15, 0.2) is 0 Å². The molecule has 0 unspecified atom stereocenters. The van der Waals surface area contributed by atoms with E-state index in [1.165, 1.54) is 5.56 Å². The average Bonchev–Trinajstić information content (AvgIpc) is 3.07. The molecule has 0 aliphatic heterocycles. The maximum Gasteiger partial charge on any atom is 0.319 e. The van der Waals surface area contributed by atoms with E-state index < -0.39 is 0 Å². The van der Waals surface area contributed by atoms with Crippen LogP contribution in [0.5, 0.6) is 0 Å². The summed E-state index contributed by atoms with van der Waals surface area (Å²) in [6.45, 7) is 8.29. The highest BCUT2D eigenvalue weighted by atomic mass is 16.3. The zero-order chi connectivity index (χ0) is 21.0. The lowest BCUT2D eigenvalue weighted by atomic mass is 10.0. The average molecular weight is 393 g/mol. The standard InChI is InChI=1S/C23H27N3O3/c1-14(2)25-23(28)26-19-8-6-17(7-9-19)12-24-21(27)11-18-13-29-22-16(4)15(3)5-10-20(18)22/h5-10,13-14H,11-12H2,1-4H3,(H,24,27)(H2,25,26,28). The highest BCUT2D eigenvalue weighted by Crippen LogP contribution is 2.26. The molecule has 0 spiro atoms. The van der Waals surface area contributed by atoms with Gasteiger partial charge in [-0.2, -0.15) is 0 Å². The summed E-state index contributed by atoms with van der Waals surface area (Å²) in [6, 6.07) is 11.3. The number of benzene rings is 2. The van der Waals surface area contributed by atoms with E-state index in [0.29, 0.717) is 12.2 Å². The van der Waals surface area contributed by atoms with Crippen LogP contribution in [0.3, 0.4) is 0 Å². The molecule has 0 fully saturated rings. The Morgan fingerprint density at radius 1 is 1.03 bits per heavy atom. The second kappa shape index (κ2) is 8.82. The number of urea groups is 1. The molecule has 3 aromatic rings. The summed E-state index contributed by atoms with van der Waals surface area (Å²) in [5.41, 5.74) is 5.66. The van der Waals surface area contributed by atoms with Gasteiger partial charge in [0.05, 0.1) is 12.7 Å². The molecule has 0 saturated heterocycles. The summed E-state index contributed by atoms with van der Waals surface area (Å²) < 4.78 is 5.67. The SMILES string of the molecule is Cc1ccc2c(CC(=O)NCc3ccc(NC(=O)NC(C)C)cc3)coc2c1C. The Labute approximate surface area is 170 Å². The molecule has 6 nitrogen and oxygen atoms in total. The minimum Gasteiger partial charge on any atom is -0.464 e. The summed E-state index contributed by atoms with van der Waals surface area (Å²) in [7, 11) is 0. The molecular formula is C23H27N3O3. The van der Waals surface area contributed by atoms with Crippen molar-refractivity contribution in [3.05, 3.63) is 64.9 Å². The minimum atomic E-state index is -0.237. The topological polar surface area (TPSA) is 83.4 Å². The van der Waals surface area contributed by atoms with Crippen molar-refractivity contribution < 1.29 is 14.0 Å². The second-order valence-corrected chi connectivity index (χ2v) is 7.55. The van der Waals surface area contributed by atoms with Crippen LogP contribution in [0.15, 0.2) is 47.1 Å². The third-order valence-corrected chi connectivity index (χ3v) is 4.81. The maximum absolute atomic E-state index is 12.4. The van der Waals surface area contributed by atoms with Gasteiger partial charge in [0.2, 0.25) is 5.91 Å². The Kier molecular flexibility index (Phi) is 6.22. The number of hydrogen-bond donors (Lipinski definition) is 3. The van der Waals surface area contributed by atoms with Gasteiger partial charge in [-0.1, -0.05) is 24.3 Å². The van der Waals surface area contributed by atoms with Crippen molar-refractivity contribution in [1.29, 1.82) is 0 Å². The number of nitrogens with one attached hydrogen (secondary N) is 3. The number of aryl methyl sites for hydroxylation is 2. The molecule has 0 saturated carbocycles. The molecule has 1 heterocycles. The van der Waals surface area contributed by atoms with E-state index in [-0.39, 0.29) is 24.4 Å². The summed E-state index contributed by atoms with van der Waals surface area (Å²) >= 11 is 0. The second-order valence-electron chi connectivity index (χ2n) is 7.55. The Balaban J connectivity index is 1.54. The smallest absolute Gasteiger partial charge is 0.319 e. The lowest BCUT2D eigenvalue weighted by molar-refractivity contribution is -0.120. The van der Waals surface area contributed by atoms with Gasteiger partial charge in [-0.25, -0.2) is 4.79 Å². The molecule has 0 radical (unpaired) electrons. The van der Waals surface area contributed by atoms with Gasteiger partial charge in [-0.05, 0) is 56.5 Å². The van der Waals surface area contributed by atoms with E-state index in [4.69, 9.17) is 4.42 Å². The van der Waals surface area contributed by atoms with Crippen LogP contribution in [0, 0.1) is 13.8 Å². The van der Waals surface area contributed by atoms with Crippen LogP contribution in [-0.2, 0) is 17.8 Å². The Morgan fingerprint density at radius 2 is 1.76 bits per heavy atom.